The third-order valence-electron chi connectivity index (χ3n) is 3.16. The van der Waals surface area contributed by atoms with E-state index in [1.54, 1.807) is 6.07 Å². The number of nitrogens with zero attached hydrogens (tertiary/aromatic N) is 3. The Labute approximate surface area is 135 Å². The molecule has 22 heavy (non-hydrogen) atoms. The molecule has 122 valence electrons. The molecule has 1 atom stereocenters. The number of halogens is 1. The molecule has 0 spiro atoms. The lowest BCUT2D eigenvalue weighted by molar-refractivity contribution is 0.0500. The maximum Gasteiger partial charge on any atom is 0.407 e. The van der Waals surface area contributed by atoms with Crippen molar-refractivity contribution in [3.63, 3.8) is 0 Å². The number of nitrogen functional groups attached to an aromatic ring is 1. The first-order valence-corrected chi connectivity index (χ1v) is 7.65. The second kappa shape index (κ2) is 6.56. The lowest BCUT2D eigenvalue weighted by Gasteiger charge is -2.34. The predicted molar refractivity (Wildman–Crippen MR) is 86.1 cm³/mol. The quantitative estimate of drug-likeness (QED) is 0.809. The van der Waals surface area contributed by atoms with Crippen LogP contribution in [-0.2, 0) is 4.74 Å². The molecular weight excluding hydrogens is 306 g/mol. The molecular formula is C14H22ClN5O2. The third kappa shape index (κ3) is 4.91. The minimum Gasteiger partial charge on any atom is -0.444 e. The molecule has 1 aliphatic rings. The molecule has 1 fully saturated rings. The summed E-state index contributed by atoms with van der Waals surface area (Å²) in [7, 11) is 0. The average molecular weight is 328 g/mol. The Morgan fingerprint density at radius 1 is 1.50 bits per heavy atom. The van der Waals surface area contributed by atoms with Gasteiger partial charge >= 0.3 is 6.09 Å². The first-order valence-electron chi connectivity index (χ1n) is 7.27. The van der Waals surface area contributed by atoms with E-state index in [4.69, 9.17) is 22.1 Å². The molecule has 1 aromatic heterocycles. The minimum absolute atomic E-state index is 0.00133. The van der Waals surface area contributed by atoms with Gasteiger partial charge in [0, 0.05) is 25.2 Å². The Morgan fingerprint density at radius 2 is 2.23 bits per heavy atom. The van der Waals surface area contributed by atoms with Crippen molar-refractivity contribution in [1.82, 2.24) is 15.3 Å². The van der Waals surface area contributed by atoms with E-state index in [1.165, 1.54) is 0 Å². The molecule has 3 N–H and O–H groups in total. The Hall–Kier alpha value is -1.76. The monoisotopic (exact) mass is 327 g/mol. The Balaban J connectivity index is 1.98. The van der Waals surface area contributed by atoms with Crippen molar-refractivity contribution in [2.24, 2.45) is 0 Å². The number of rotatable bonds is 2. The predicted octanol–water partition coefficient (Wildman–Crippen LogP) is 2.21. The molecule has 0 radical (unpaired) electrons. The molecule has 2 rings (SSSR count). The number of nitrogens with one attached hydrogen (secondary N) is 1. The van der Waals surface area contributed by atoms with Gasteiger partial charge in [0.05, 0.1) is 0 Å². The van der Waals surface area contributed by atoms with Gasteiger partial charge < -0.3 is 20.7 Å². The molecule has 0 unspecified atom stereocenters. The summed E-state index contributed by atoms with van der Waals surface area (Å²) in [5.41, 5.74) is 5.12. The summed E-state index contributed by atoms with van der Waals surface area (Å²) in [6.45, 7) is 6.98. The lowest BCUT2D eigenvalue weighted by Crippen LogP contribution is -2.49. The van der Waals surface area contributed by atoms with E-state index in [0.29, 0.717) is 17.5 Å². The van der Waals surface area contributed by atoms with Crippen molar-refractivity contribution >= 4 is 29.5 Å². The Bertz CT molecular complexity index is 526. The highest BCUT2D eigenvalue weighted by Gasteiger charge is 2.25. The number of anilines is 2. The molecule has 1 amide bonds. The first-order chi connectivity index (χ1) is 10.2. The van der Waals surface area contributed by atoms with Crippen LogP contribution in [0.15, 0.2) is 6.07 Å². The number of aromatic nitrogens is 2. The van der Waals surface area contributed by atoms with E-state index in [1.807, 2.05) is 25.7 Å². The number of carbonyl (C=O) groups excluding carboxylic acids is 1. The van der Waals surface area contributed by atoms with Gasteiger partial charge in [-0.2, -0.15) is 4.98 Å². The first kappa shape index (κ1) is 16.6. The van der Waals surface area contributed by atoms with E-state index >= 15 is 0 Å². The van der Waals surface area contributed by atoms with Gasteiger partial charge in [-0.1, -0.05) is 11.6 Å². The number of amides is 1. The normalized spacial score (nSPS) is 18.9. The maximum absolute atomic E-state index is 11.9. The number of carbonyl (C=O) groups is 1. The zero-order valence-electron chi connectivity index (χ0n) is 13.1. The van der Waals surface area contributed by atoms with E-state index in [9.17, 15) is 4.79 Å². The highest BCUT2D eigenvalue weighted by atomic mass is 35.5. The highest BCUT2D eigenvalue weighted by Crippen LogP contribution is 2.21. The van der Waals surface area contributed by atoms with E-state index < -0.39 is 11.7 Å². The number of nitrogens with two attached hydrogens (primary N) is 1. The molecule has 1 aromatic rings. The Kier molecular flexibility index (Phi) is 4.95. The van der Waals surface area contributed by atoms with E-state index in [0.717, 1.165) is 19.4 Å². The van der Waals surface area contributed by atoms with Crippen LogP contribution in [0.5, 0.6) is 0 Å². The van der Waals surface area contributed by atoms with Crippen molar-refractivity contribution in [2.75, 3.05) is 23.7 Å². The van der Waals surface area contributed by atoms with Gasteiger partial charge in [0.25, 0.3) is 0 Å². The van der Waals surface area contributed by atoms with Crippen LogP contribution >= 0.6 is 11.6 Å². The SMILES string of the molecule is CC(C)(C)OC(=O)N[C@@H]1CCCN(c2cc(Cl)nc(N)n2)C1. The van der Waals surface area contributed by atoms with Crippen LogP contribution in [0, 0.1) is 0 Å². The molecule has 2 heterocycles. The smallest absolute Gasteiger partial charge is 0.407 e. The molecule has 0 aliphatic carbocycles. The van der Waals surface area contributed by atoms with Crippen LogP contribution in [-0.4, -0.2) is 40.8 Å². The van der Waals surface area contributed by atoms with Crippen LogP contribution in [0.4, 0.5) is 16.6 Å². The van der Waals surface area contributed by atoms with Crippen molar-refractivity contribution in [3.8, 4) is 0 Å². The third-order valence-corrected chi connectivity index (χ3v) is 3.36. The van der Waals surface area contributed by atoms with Gasteiger partial charge in [0.1, 0.15) is 16.6 Å². The van der Waals surface area contributed by atoms with Crippen molar-refractivity contribution < 1.29 is 9.53 Å². The molecule has 1 aliphatic heterocycles. The van der Waals surface area contributed by atoms with Gasteiger partial charge in [-0.3, -0.25) is 0 Å². The fraction of sp³-hybridized carbons (Fsp3) is 0.643. The number of alkyl carbamates (subject to hydrolysis) is 1. The number of hydrogen-bond donors (Lipinski definition) is 2. The maximum atomic E-state index is 11.9. The molecule has 8 heteroatoms. The summed E-state index contributed by atoms with van der Waals surface area (Å²) in [6, 6.07) is 1.67. The largest absolute Gasteiger partial charge is 0.444 e. The van der Waals surface area contributed by atoms with E-state index in [2.05, 4.69) is 15.3 Å². The average Bonchev–Trinajstić information content (AvgIpc) is 2.35. The second-order valence-corrected chi connectivity index (χ2v) is 6.73. The second-order valence-electron chi connectivity index (χ2n) is 6.34. The standard InChI is InChI=1S/C14H22ClN5O2/c1-14(2,3)22-13(21)17-9-5-4-6-20(8-9)11-7-10(15)18-12(16)19-11/h7,9H,4-6,8H2,1-3H3,(H,17,21)(H2,16,18,19)/t9-/m1/s1. The summed E-state index contributed by atoms with van der Waals surface area (Å²) in [5.74, 6) is 0.818. The molecule has 7 nitrogen and oxygen atoms in total. The van der Waals surface area contributed by atoms with Gasteiger partial charge in [-0.15, -0.1) is 0 Å². The summed E-state index contributed by atoms with van der Waals surface area (Å²) in [4.78, 5) is 21.9. The zero-order chi connectivity index (χ0) is 16.3. The van der Waals surface area contributed by atoms with Crippen LogP contribution in [0.3, 0.4) is 0 Å². The number of piperidine rings is 1. The molecule has 0 bridgehead atoms. The molecule has 0 saturated carbocycles. The number of hydrogen-bond acceptors (Lipinski definition) is 6. The summed E-state index contributed by atoms with van der Waals surface area (Å²) in [6.07, 6.45) is 1.42. The summed E-state index contributed by atoms with van der Waals surface area (Å²) in [5, 5.41) is 3.20. The van der Waals surface area contributed by atoms with Gasteiger partial charge in [0.15, 0.2) is 0 Å². The summed E-state index contributed by atoms with van der Waals surface area (Å²) < 4.78 is 5.28. The van der Waals surface area contributed by atoms with Crippen LogP contribution in [0.25, 0.3) is 0 Å². The lowest BCUT2D eigenvalue weighted by atomic mass is 10.1. The minimum atomic E-state index is -0.507. The Morgan fingerprint density at radius 3 is 2.86 bits per heavy atom. The van der Waals surface area contributed by atoms with Crippen molar-refractivity contribution in [3.05, 3.63) is 11.2 Å². The van der Waals surface area contributed by atoms with Crippen LogP contribution in [0.2, 0.25) is 5.15 Å². The van der Waals surface area contributed by atoms with Crippen LogP contribution < -0.4 is 16.0 Å². The van der Waals surface area contributed by atoms with Crippen LogP contribution in [0.1, 0.15) is 33.6 Å². The van der Waals surface area contributed by atoms with Crippen molar-refractivity contribution in [2.45, 2.75) is 45.3 Å². The summed E-state index contributed by atoms with van der Waals surface area (Å²) >= 11 is 5.92. The van der Waals surface area contributed by atoms with Gasteiger partial charge in [-0.25, -0.2) is 9.78 Å². The fourth-order valence-corrected chi connectivity index (χ4v) is 2.55. The zero-order valence-corrected chi connectivity index (χ0v) is 13.9. The van der Waals surface area contributed by atoms with E-state index in [-0.39, 0.29) is 12.0 Å². The fourth-order valence-electron chi connectivity index (χ4n) is 2.36. The topological polar surface area (TPSA) is 93.4 Å². The van der Waals surface area contributed by atoms with Crippen molar-refractivity contribution in [1.29, 1.82) is 0 Å². The molecule has 0 aromatic carbocycles. The van der Waals surface area contributed by atoms with Gasteiger partial charge in [0.2, 0.25) is 5.95 Å². The van der Waals surface area contributed by atoms with Gasteiger partial charge in [-0.05, 0) is 33.6 Å². The highest BCUT2D eigenvalue weighted by molar-refractivity contribution is 6.29. The molecule has 1 saturated heterocycles. The number of ether oxygens (including phenoxy) is 1.